The Kier molecular flexibility index (Phi) is 3.91. The van der Waals surface area contributed by atoms with Crippen molar-refractivity contribution in [1.82, 2.24) is 4.98 Å². The summed E-state index contributed by atoms with van der Waals surface area (Å²) < 4.78 is 0. The highest BCUT2D eigenvalue weighted by atomic mass is 16.6. The standard InChI is InChI=1S/C13H15N3O3/c1-9-8-11(14-6-3-7-17)10-4-2-5-12(16(18)19)13(10)15-9/h2,4-5,8,17H,3,6-7H2,1H3,(H,14,15). The van der Waals surface area contributed by atoms with Crippen molar-refractivity contribution in [2.24, 2.45) is 0 Å². The first-order valence-electron chi connectivity index (χ1n) is 6.03. The van der Waals surface area contributed by atoms with Gasteiger partial charge in [-0.2, -0.15) is 0 Å². The van der Waals surface area contributed by atoms with Crippen molar-refractivity contribution < 1.29 is 10.0 Å². The summed E-state index contributed by atoms with van der Waals surface area (Å²) in [5.74, 6) is 0. The van der Waals surface area contributed by atoms with E-state index in [4.69, 9.17) is 5.11 Å². The van der Waals surface area contributed by atoms with Gasteiger partial charge in [0.2, 0.25) is 0 Å². The Bertz CT molecular complexity index is 613. The third-order valence-electron chi connectivity index (χ3n) is 2.79. The number of hydrogen-bond donors (Lipinski definition) is 2. The monoisotopic (exact) mass is 261 g/mol. The largest absolute Gasteiger partial charge is 0.396 e. The number of non-ortho nitro benzene ring substituents is 1. The van der Waals surface area contributed by atoms with E-state index in [1.54, 1.807) is 19.1 Å². The van der Waals surface area contributed by atoms with Crippen LogP contribution in [0.5, 0.6) is 0 Å². The summed E-state index contributed by atoms with van der Waals surface area (Å²) in [5, 5.41) is 23.7. The maximum Gasteiger partial charge on any atom is 0.295 e. The molecule has 0 saturated carbocycles. The first kappa shape index (κ1) is 13.2. The molecule has 0 radical (unpaired) electrons. The van der Waals surface area contributed by atoms with Crippen LogP contribution >= 0.6 is 0 Å². The number of aliphatic hydroxyl groups is 1. The van der Waals surface area contributed by atoms with E-state index in [9.17, 15) is 10.1 Å². The zero-order valence-corrected chi connectivity index (χ0v) is 10.6. The summed E-state index contributed by atoms with van der Waals surface area (Å²) in [6.45, 7) is 2.51. The lowest BCUT2D eigenvalue weighted by atomic mass is 10.1. The molecule has 2 N–H and O–H groups in total. The smallest absolute Gasteiger partial charge is 0.295 e. The van der Waals surface area contributed by atoms with Gasteiger partial charge >= 0.3 is 0 Å². The van der Waals surface area contributed by atoms with Gasteiger partial charge in [-0.3, -0.25) is 10.1 Å². The van der Waals surface area contributed by atoms with Crippen molar-refractivity contribution in [3.8, 4) is 0 Å². The Labute approximate surface area is 110 Å². The highest BCUT2D eigenvalue weighted by molar-refractivity contribution is 5.96. The predicted molar refractivity (Wildman–Crippen MR) is 73.3 cm³/mol. The summed E-state index contributed by atoms with van der Waals surface area (Å²) in [4.78, 5) is 14.8. The van der Waals surface area contributed by atoms with Crippen LogP contribution in [0.3, 0.4) is 0 Å². The molecule has 1 heterocycles. The molecule has 0 saturated heterocycles. The van der Waals surface area contributed by atoms with Crippen molar-refractivity contribution in [2.45, 2.75) is 13.3 Å². The van der Waals surface area contributed by atoms with Gasteiger partial charge in [0.1, 0.15) is 0 Å². The molecule has 0 unspecified atom stereocenters. The molecule has 0 amide bonds. The lowest BCUT2D eigenvalue weighted by Gasteiger charge is -2.10. The fourth-order valence-electron chi connectivity index (χ4n) is 1.96. The van der Waals surface area contributed by atoms with Gasteiger partial charge in [0.25, 0.3) is 5.69 Å². The van der Waals surface area contributed by atoms with Crippen LogP contribution in [-0.2, 0) is 0 Å². The number of fused-ring (bicyclic) bond motifs is 1. The molecule has 19 heavy (non-hydrogen) atoms. The Hall–Kier alpha value is -2.21. The van der Waals surface area contributed by atoms with Crippen LogP contribution in [0.25, 0.3) is 10.9 Å². The minimum Gasteiger partial charge on any atom is -0.396 e. The number of aromatic nitrogens is 1. The minimum absolute atomic E-state index is 0.00593. The van der Waals surface area contributed by atoms with Gasteiger partial charge in [0, 0.05) is 36.0 Å². The topological polar surface area (TPSA) is 88.3 Å². The number of anilines is 1. The second kappa shape index (κ2) is 5.62. The Morgan fingerprint density at radius 3 is 2.95 bits per heavy atom. The van der Waals surface area contributed by atoms with Crippen LogP contribution in [0.2, 0.25) is 0 Å². The first-order chi connectivity index (χ1) is 9.13. The molecular weight excluding hydrogens is 246 g/mol. The van der Waals surface area contributed by atoms with Crippen LogP contribution in [0.15, 0.2) is 24.3 Å². The molecule has 2 rings (SSSR count). The third kappa shape index (κ3) is 2.79. The summed E-state index contributed by atoms with van der Waals surface area (Å²) in [7, 11) is 0. The van der Waals surface area contributed by atoms with Crippen molar-refractivity contribution in [2.75, 3.05) is 18.5 Å². The van der Waals surface area contributed by atoms with Gasteiger partial charge < -0.3 is 10.4 Å². The zero-order valence-electron chi connectivity index (χ0n) is 10.6. The molecule has 0 aliphatic rings. The summed E-state index contributed by atoms with van der Waals surface area (Å²) in [6, 6.07) is 6.75. The molecule has 100 valence electrons. The molecule has 1 aromatic carbocycles. The summed E-state index contributed by atoms with van der Waals surface area (Å²) in [5.41, 5.74) is 1.92. The number of benzene rings is 1. The van der Waals surface area contributed by atoms with Crippen LogP contribution in [0.1, 0.15) is 12.1 Å². The number of pyridine rings is 1. The summed E-state index contributed by atoms with van der Waals surface area (Å²) >= 11 is 0. The maximum absolute atomic E-state index is 11.0. The third-order valence-corrected chi connectivity index (χ3v) is 2.79. The molecule has 0 fully saturated rings. The van der Waals surface area contributed by atoms with E-state index < -0.39 is 4.92 Å². The Morgan fingerprint density at radius 1 is 1.47 bits per heavy atom. The normalized spacial score (nSPS) is 10.6. The molecule has 6 nitrogen and oxygen atoms in total. The van der Waals surface area contributed by atoms with Crippen LogP contribution < -0.4 is 5.32 Å². The van der Waals surface area contributed by atoms with Crippen LogP contribution in [0, 0.1) is 17.0 Å². The van der Waals surface area contributed by atoms with Gasteiger partial charge in [0.15, 0.2) is 5.52 Å². The average molecular weight is 261 g/mol. The molecule has 0 bridgehead atoms. The summed E-state index contributed by atoms with van der Waals surface area (Å²) in [6.07, 6.45) is 0.623. The van der Waals surface area contributed by atoms with E-state index in [0.717, 1.165) is 11.1 Å². The Morgan fingerprint density at radius 2 is 2.26 bits per heavy atom. The number of para-hydroxylation sites is 1. The molecule has 2 aromatic rings. The van der Waals surface area contributed by atoms with Crippen molar-refractivity contribution >= 4 is 22.3 Å². The number of rotatable bonds is 5. The fourth-order valence-corrected chi connectivity index (χ4v) is 1.96. The van der Waals surface area contributed by atoms with Crippen LogP contribution in [-0.4, -0.2) is 28.2 Å². The van der Waals surface area contributed by atoms with Crippen molar-refractivity contribution in [3.63, 3.8) is 0 Å². The molecule has 0 aliphatic carbocycles. The number of nitro benzene ring substituents is 1. The van der Waals surface area contributed by atoms with E-state index in [1.807, 2.05) is 6.07 Å². The van der Waals surface area contributed by atoms with Gasteiger partial charge in [-0.25, -0.2) is 4.98 Å². The molecule has 0 atom stereocenters. The fraction of sp³-hybridized carbons (Fsp3) is 0.308. The maximum atomic E-state index is 11.0. The lowest BCUT2D eigenvalue weighted by Crippen LogP contribution is -2.05. The Balaban J connectivity index is 2.52. The highest BCUT2D eigenvalue weighted by Crippen LogP contribution is 2.29. The van der Waals surface area contributed by atoms with Crippen molar-refractivity contribution in [1.29, 1.82) is 0 Å². The molecule has 0 spiro atoms. The van der Waals surface area contributed by atoms with E-state index in [2.05, 4.69) is 10.3 Å². The molecular formula is C13H15N3O3. The first-order valence-corrected chi connectivity index (χ1v) is 6.03. The van der Waals surface area contributed by atoms with Crippen LogP contribution in [0.4, 0.5) is 11.4 Å². The van der Waals surface area contributed by atoms with Gasteiger partial charge in [-0.15, -0.1) is 0 Å². The number of aryl methyl sites for hydroxylation is 1. The quantitative estimate of drug-likeness (QED) is 0.489. The van der Waals surface area contributed by atoms with E-state index in [0.29, 0.717) is 24.2 Å². The van der Waals surface area contributed by atoms with Gasteiger partial charge in [-0.05, 0) is 19.4 Å². The number of aliphatic hydroxyl groups excluding tert-OH is 1. The second-order valence-corrected chi connectivity index (χ2v) is 4.25. The number of nitro groups is 1. The van der Waals surface area contributed by atoms with Gasteiger partial charge in [0.05, 0.1) is 4.92 Å². The number of hydrogen-bond acceptors (Lipinski definition) is 5. The second-order valence-electron chi connectivity index (χ2n) is 4.25. The molecule has 1 aromatic heterocycles. The van der Waals surface area contributed by atoms with Gasteiger partial charge in [-0.1, -0.05) is 12.1 Å². The predicted octanol–water partition coefficient (Wildman–Crippen LogP) is 2.25. The highest BCUT2D eigenvalue weighted by Gasteiger charge is 2.15. The van der Waals surface area contributed by atoms with E-state index >= 15 is 0 Å². The number of nitrogens with zero attached hydrogens (tertiary/aromatic N) is 2. The minimum atomic E-state index is -0.424. The van der Waals surface area contributed by atoms with Crippen molar-refractivity contribution in [3.05, 3.63) is 40.1 Å². The molecule has 0 aliphatic heterocycles. The average Bonchev–Trinajstić information content (AvgIpc) is 2.38. The van der Waals surface area contributed by atoms with E-state index in [-0.39, 0.29) is 12.3 Å². The molecule has 6 heteroatoms. The SMILES string of the molecule is Cc1cc(NCCCO)c2cccc([N+](=O)[O-])c2n1. The number of nitrogens with one attached hydrogen (secondary N) is 1. The lowest BCUT2D eigenvalue weighted by molar-refractivity contribution is -0.383. The van der Waals surface area contributed by atoms with E-state index in [1.165, 1.54) is 6.07 Å². The zero-order chi connectivity index (χ0) is 13.8.